The van der Waals surface area contributed by atoms with E-state index in [0.29, 0.717) is 41.4 Å². The van der Waals surface area contributed by atoms with Gasteiger partial charge in [-0.05, 0) is 100 Å². The standard InChI is InChI=1S/C27H46O5S/c1-17(7-6-13-25(2,3)29)21-10-11-22-20-9-8-18-15-19(33(30,31)32)16-24(28)27(18,5)23(20)12-14-26(21,22)4/h8,17,19-24,28-29H,6-7,9-16H2,1-5H3,(H,30,31,32)/t17-,19?,20+,21-,22+,23+,24+,26-,27+/m1/s1. The van der Waals surface area contributed by atoms with Crippen molar-refractivity contribution in [1.29, 1.82) is 0 Å². The van der Waals surface area contributed by atoms with Crippen LogP contribution in [0.1, 0.15) is 98.8 Å². The first-order valence-corrected chi connectivity index (χ1v) is 14.7. The molecule has 0 aromatic rings. The van der Waals surface area contributed by atoms with Crippen molar-refractivity contribution in [2.75, 3.05) is 0 Å². The number of hydrogen-bond donors (Lipinski definition) is 3. The number of fused-ring (bicyclic) bond motifs is 5. The fourth-order valence-corrected chi connectivity index (χ4v) is 9.76. The molecule has 0 saturated heterocycles. The molecular formula is C27H46O5S. The van der Waals surface area contributed by atoms with Crippen LogP contribution in [0.25, 0.3) is 0 Å². The second-order valence-electron chi connectivity index (χ2n) is 13.1. The molecule has 9 atom stereocenters. The molecule has 4 aliphatic rings. The predicted molar refractivity (Wildman–Crippen MR) is 131 cm³/mol. The van der Waals surface area contributed by atoms with Crippen molar-refractivity contribution in [1.82, 2.24) is 0 Å². The normalized spacial score (nSPS) is 44.4. The van der Waals surface area contributed by atoms with E-state index in [4.69, 9.17) is 0 Å². The highest BCUT2D eigenvalue weighted by atomic mass is 32.2. The fraction of sp³-hybridized carbons (Fsp3) is 0.926. The summed E-state index contributed by atoms with van der Waals surface area (Å²) in [4.78, 5) is 0. The van der Waals surface area contributed by atoms with Gasteiger partial charge in [0.1, 0.15) is 0 Å². The SMILES string of the molecule is C[C@H](CCCC(C)(C)O)[C@H]1CC[C@H]2[C@@H]3CC=C4CC(S(=O)(=O)O)C[C@H](O)[C@]4(C)[C@H]3CC[C@]12C. The summed E-state index contributed by atoms with van der Waals surface area (Å²) >= 11 is 0. The summed E-state index contributed by atoms with van der Waals surface area (Å²) in [5, 5.41) is 20.4. The Labute approximate surface area is 201 Å². The van der Waals surface area contributed by atoms with Crippen LogP contribution in [0.2, 0.25) is 0 Å². The van der Waals surface area contributed by atoms with Crippen LogP contribution in [0, 0.1) is 40.4 Å². The van der Waals surface area contributed by atoms with Crippen LogP contribution in [0.4, 0.5) is 0 Å². The van der Waals surface area contributed by atoms with Gasteiger partial charge in [0.05, 0.1) is 17.0 Å². The first-order chi connectivity index (χ1) is 15.2. The largest absolute Gasteiger partial charge is 0.392 e. The molecular weight excluding hydrogens is 436 g/mol. The number of aliphatic hydroxyl groups excluding tert-OH is 1. The van der Waals surface area contributed by atoms with Gasteiger partial charge < -0.3 is 10.2 Å². The van der Waals surface area contributed by atoms with Crippen LogP contribution in [-0.4, -0.2) is 40.1 Å². The minimum Gasteiger partial charge on any atom is -0.392 e. The number of rotatable bonds is 6. The van der Waals surface area contributed by atoms with Gasteiger partial charge in [-0.3, -0.25) is 4.55 Å². The molecule has 3 fully saturated rings. The molecule has 6 heteroatoms. The first-order valence-electron chi connectivity index (χ1n) is 13.2. The maximum Gasteiger partial charge on any atom is 0.268 e. The first kappa shape index (κ1) is 25.7. The highest BCUT2D eigenvalue weighted by molar-refractivity contribution is 7.86. The molecule has 0 heterocycles. The van der Waals surface area contributed by atoms with E-state index in [1.165, 1.54) is 25.7 Å². The molecule has 5 nitrogen and oxygen atoms in total. The number of aliphatic hydroxyl groups is 2. The minimum absolute atomic E-state index is 0.138. The van der Waals surface area contributed by atoms with Gasteiger partial charge in [0.25, 0.3) is 10.1 Å². The topological polar surface area (TPSA) is 94.8 Å². The van der Waals surface area contributed by atoms with E-state index in [1.807, 2.05) is 13.8 Å². The summed E-state index contributed by atoms with van der Waals surface area (Å²) in [6.07, 6.45) is 10.9. The molecule has 3 saturated carbocycles. The maximum absolute atomic E-state index is 11.8. The summed E-state index contributed by atoms with van der Waals surface area (Å²) in [5.74, 6) is 2.95. The lowest BCUT2D eigenvalue weighted by atomic mass is 9.46. The van der Waals surface area contributed by atoms with Crippen LogP contribution in [0.15, 0.2) is 11.6 Å². The highest BCUT2D eigenvalue weighted by Crippen LogP contribution is 2.67. The molecule has 3 N–H and O–H groups in total. The smallest absolute Gasteiger partial charge is 0.268 e. The quantitative estimate of drug-likeness (QED) is 0.349. The van der Waals surface area contributed by atoms with Gasteiger partial charge >= 0.3 is 0 Å². The molecule has 0 aliphatic heterocycles. The molecule has 0 amide bonds. The Bertz CT molecular complexity index is 873. The van der Waals surface area contributed by atoms with E-state index in [1.54, 1.807) is 0 Å². The Morgan fingerprint density at radius 2 is 1.88 bits per heavy atom. The Morgan fingerprint density at radius 1 is 1.18 bits per heavy atom. The third kappa shape index (κ3) is 4.47. The summed E-state index contributed by atoms with van der Waals surface area (Å²) < 4.78 is 33.3. The van der Waals surface area contributed by atoms with Gasteiger partial charge in [-0.25, -0.2) is 0 Å². The van der Waals surface area contributed by atoms with Crippen molar-refractivity contribution in [2.24, 2.45) is 40.4 Å². The van der Waals surface area contributed by atoms with Crippen molar-refractivity contribution in [2.45, 2.75) is 116 Å². The fourth-order valence-electron chi connectivity index (χ4n) is 8.94. The third-order valence-electron chi connectivity index (χ3n) is 10.8. The second-order valence-corrected chi connectivity index (χ2v) is 14.8. The van der Waals surface area contributed by atoms with Crippen molar-refractivity contribution >= 4 is 10.1 Å². The van der Waals surface area contributed by atoms with Gasteiger partial charge in [0.15, 0.2) is 0 Å². The van der Waals surface area contributed by atoms with E-state index in [0.717, 1.165) is 31.3 Å². The van der Waals surface area contributed by atoms with Gasteiger partial charge in [-0.15, -0.1) is 0 Å². The molecule has 0 bridgehead atoms. The number of allylic oxidation sites excluding steroid dienone is 1. The summed E-state index contributed by atoms with van der Waals surface area (Å²) in [5.41, 5.74) is 0.426. The molecule has 0 spiro atoms. The lowest BCUT2D eigenvalue weighted by Crippen LogP contribution is -2.56. The highest BCUT2D eigenvalue weighted by Gasteiger charge is 2.61. The molecule has 33 heavy (non-hydrogen) atoms. The van der Waals surface area contributed by atoms with Gasteiger partial charge in [0, 0.05) is 5.41 Å². The summed E-state index contributed by atoms with van der Waals surface area (Å²) in [6, 6.07) is 0. The Morgan fingerprint density at radius 3 is 2.52 bits per heavy atom. The average molecular weight is 483 g/mol. The van der Waals surface area contributed by atoms with Crippen LogP contribution in [-0.2, 0) is 10.1 Å². The van der Waals surface area contributed by atoms with Crippen LogP contribution in [0.5, 0.6) is 0 Å². The van der Waals surface area contributed by atoms with E-state index < -0.39 is 27.1 Å². The predicted octanol–water partition coefficient (Wildman–Crippen LogP) is 5.37. The van der Waals surface area contributed by atoms with Gasteiger partial charge in [-0.2, -0.15) is 8.42 Å². The minimum atomic E-state index is -4.14. The molecule has 0 radical (unpaired) electrons. The molecule has 4 aliphatic carbocycles. The zero-order chi connectivity index (χ0) is 24.4. The molecule has 0 aromatic carbocycles. The summed E-state index contributed by atoms with van der Waals surface area (Å²) in [6.45, 7) is 10.9. The van der Waals surface area contributed by atoms with Gasteiger partial charge in [0.2, 0.25) is 0 Å². The van der Waals surface area contributed by atoms with Crippen LogP contribution < -0.4 is 0 Å². The van der Waals surface area contributed by atoms with E-state index >= 15 is 0 Å². The second kappa shape index (κ2) is 8.60. The van der Waals surface area contributed by atoms with Crippen molar-refractivity contribution in [3.05, 3.63) is 11.6 Å². The summed E-state index contributed by atoms with van der Waals surface area (Å²) in [7, 11) is -4.14. The Kier molecular flexibility index (Phi) is 6.69. The van der Waals surface area contributed by atoms with Crippen LogP contribution >= 0.6 is 0 Å². The van der Waals surface area contributed by atoms with Crippen LogP contribution in [0.3, 0.4) is 0 Å². The molecule has 0 aromatic heterocycles. The third-order valence-corrected chi connectivity index (χ3v) is 12.0. The lowest BCUT2D eigenvalue weighted by molar-refractivity contribution is -0.0927. The molecule has 1 unspecified atom stereocenters. The average Bonchev–Trinajstić information content (AvgIpc) is 3.04. The monoisotopic (exact) mass is 482 g/mol. The van der Waals surface area contributed by atoms with E-state index in [2.05, 4.69) is 26.8 Å². The van der Waals surface area contributed by atoms with E-state index in [-0.39, 0.29) is 11.8 Å². The zero-order valence-corrected chi connectivity index (χ0v) is 22.1. The van der Waals surface area contributed by atoms with Crippen molar-refractivity contribution in [3.8, 4) is 0 Å². The zero-order valence-electron chi connectivity index (χ0n) is 21.3. The van der Waals surface area contributed by atoms with Crippen molar-refractivity contribution < 1.29 is 23.2 Å². The molecule has 190 valence electrons. The van der Waals surface area contributed by atoms with Gasteiger partial charge in [-0.1, -0.05) is 45.3 Å². The Hall–Kier alpha value is -0.430. The van der Waals surface area contributed by atoms with Crippen molar-refractivity contribution in [3.63, 3.8) is 0 Å². The Balaban J connectivity index is 1.52. The lowest BCUT2D eigenvalue weighted by Gasteiger charge is -2.59. The maximum atomic E-state index is 11.8. The molecule has 4 rings (SSSR count). The number of hydrogen-bond acceptors (Lipinski definition) is 4. The van der Waals surface area contributed by atoms with E-state index in [9.17, 15) is 23.2 Å².